The first-order chi connectivity index (χ1) is 12.6. The van der Waals surface area contributed by atoms with Crippen LogP contribution in [0.1, 0.15) is 21.5 Å². The highest BCUT2D eigenvalue weighted by Gasteiger charge is 2.11. The van der Waals surface area contributed by atoms with Crippen molar-refractivity contribution in [3.8, 4) is 5.75 Å². The number of carbonyl (C=O) groups excluding carboxylic acids is 1. The summed E-state index contributed by atoms with van der Waals surface area (Å²) < 4.78 is 6.80. The van der Waals surface area contributed by atoms with Gasteiger partial charge in [0.25, 0.3) is 11.5 Å². The fraction of sp³-hybridized carbons (Fsp3) is 0.150. The minimum Gasteiger partial charge on any atom is -0.497 e. The van der Waals surface area contributed by atoms with Crippen LogP contribution in [0.3, 0.4) is 0 Å². The van der Waals surface area contributed by atoms with Crippen molar-refractivity contribution >= 4 is 11.6 Å². The van der Waals surface area contributed by atoms with Crippen LogP contribution in [0.5, 0.6) is 5.75 Å². The quantitative estimate of drug-likeness (QED) is 0.769. The third-order valence-electron chi connectivity index (χ3n) is 3.90. The van der Waals surface area contributed by atoms with Crippen molar-refractivity contribution < 1.29 is 9.53 Å². The van der Waals surface area contributed by atoms with Crippen molar-refractivity contribution in [3.63, 3.8) is 0 Å². The number of carbonyl (C=O) groups is 1. The Morgan fingerprint density at radius 3 is 2.69 bits per heavy atom. The van der Waals surface area contributed by atoms with Crippen molar-refractivity contribution in [2.75, 3.05) is 12.4 Å². The number of hydrogen-bond acceptors (Lipinski definition) is 4. The standard InChI is InChI=1S/C20H19N3O3/c1-14-10-18(22-19(24)16-6-8-21-9-7-16)20(25)23(12-14)13-15-4-3-5-17(11-15)26-2/h3-12H,13H2,1-2H3,(H,22,24). The maximum atomic E-state index is 12.8. The van der Waals surface area contributed by atoms with E-state index >= 15 is 0 Å². The van der Waals surface area contributed by atoms with E-state index in [-0.39, 0.29) is 17.2 Å². The van der Waals surface area contributed by atoms with Gasteiger partial charge < -0.3 is 14.6 Å². The number of aryl methyl sites for hydroxylation is 1. The van der Waals surface area contributed by atoms with Gasteiger partial charge in [0.15, 0.2) is 0 Å². The smallest absolute Gasteiger partial charge is 0.274 e. The summed E-state index contributed by atoms with van der Waals surface area (Å²) in [6.45, 7) is 2.26. The van der Waals surface area contributed by atoms with Gasteiger partial charge in [-0.1, -0.05) is 12.1 Å². The number of anilines is 1. The van der Waals surface area contributed by atoms with E-state index in [1.165, 1.54) is 12.4 Å². The lowest BCUT2D eigenvalue weighted by atomic mass is 10.2. The molecule has 1 aromatic carbocycles. The minimum absolute atomic E-state index is 0.245. The van der Waals surface area contributed by atoms with Crippen LogP contribution in [0.25, 0.3) is 0 Å². The topological polar surface area (TPSA) is 73.2 Å². The lowest BCUT2D eigenvalue weighted by Gasteiger charge is -2.12. The average Bonchev–Trinajstić information content (AvgIpc) is 2.66. The number of pyridine rings is 2. The molecule has 0 unspecified atom stereocenters. The van der Waals surface area contributed by atoms with Crippen molar-refractivity contribution in [3.05, 3.63) is 88.1 Å². The molecule has 3 aromatic rings. The number of methoxy groups -OCH3 is 1. The Bertz CT molecular complexity index is 981. The molecule has 26 heavy (non-hydrogen) atoms. The monoisotopic (exact) mass is 349 g/mol. The summed E-state index contributed by atoms with van der Waals surface area (Å²) in [7, 11) is 1.60. The van der Waals surface area contributed by atoms with Gasteiger partial charge >= 0.3 is 0 Å². The molecule has 0 bridgehead atoms. The normalized spacial score (nSPS) is 10.4. The molecule has 6 nitrogen and oxygen atoms in total. The molecule has 2 heterocycles. The van der Waals surface area contributed by atoms with E-state index in [2.05, 4.69) is 10.3 Å². The third kappa shape index (κ3) is 3.97. The summed E-state index contributed by atoms with van der Waals surface area (Å²) in [5.41, 5.74) is 2.23. The molecule has 0 aliphatic heterocycles. The van der Waals surface area contributed by atoms with Gasteiger partial charge in [0, 0.05) is 24.2 Å². The molecule has 0 fully saturated rings. The Labute approximate surface area is 151 Å². The van der Waals surface area contributed by atoms with E-state index < -0.39 is 0 Å². The Balaban J connectivity index is 1.89. The summed E-state index contributed by atoms with van der Waals surface area (Å²) in [4.78, 5) is 29.0. The molecule has 0 aliphatic rings. The highest BCUT2D eigenvalue weighted by atomic mass is 16.5. The summed E-state index contributed by atoms with van der Waals surface area (Å²) in [5, 5.41) is 2.69. The highest BCUT2D eigenvalue weighted by molar-refractivity contribution is 6.04. The van der Waals surface area contributed by atoms with Gasteiger partial charge in [0.05, 0.1) is 13.7 Å². The zero-order valence-electron chi connectivity index (χ0n) is 14.6. The molecule has 6 heteroatoms. The van der Waals surface area contributed by atoms with Crippen molar-refractivity contribution in [1.82, 2.24) is 9.55 Å². The first kappa shape index (κ1) is 17.4. The second kappa shape index (κ2) is 7.65. The summed E-state index contributed by atoms with van der Waals surface area (Å²) in [6.07, 6.45) is 4.84. The molecule has 1 amide bonds. The fourth-order valence-electron chi connectivity index (χ4n) is 2.66. The summed E-state index contributed by atoms with van der Waals surface area (Å²) >= 11 is 0. The molecule has 0 spiro atoms. The Hall–Kier alpha value is -3.41. The highest BCUT2D eigenvalue weighted by Crippen LogP contribution is 2.14. The number of nitrogens with zero attached hydrogens (tertiary/aromatic N) is 2. The number of rotatable bonds is 5. The van der Waals surface area contributed by atoms with Crippen molar-refractivity contribution in [2.45, 2.75) is 13.5 Å². The van der Waals surface area contributed by atoms with Crippen LogP contribution >= 0.6 is 0 Å². The third-order valence-corrected chi connectivity index (χ3v) is 3.90. The minimum atomic E-state index is -0.344. The van der Waals surface area contributed by atoms with E-state index in [1.54, 1.807) is 36.1 Å². The zero-order valence-corrected chi connectivity index (χ0v) is 14.6. The lowest BCUT2D eigenvalue weighted by Crippen LogP contribution is -2.26. The summed E-state index contributed by atoms with van der Waals surface area (Å²) in [6, 6.07) is 12.4. The molecule has 0 aliphatic carbocycles. The van der Waals surface area contributed by atoms with Crippen LogP contribution in [0, 0.1) is 6.92 Å². The van der Waals surface area contributed by atoms with Gasteiger partial charge in [-0.15, -0.1) is 0 Å². The Kier molecular flexibility index (Phi) is 5.12. The molecule has 0 atom stereocenters. The van der Waals surface area contributed by atoms with Gasteiger partial charge in [-0.25, -0.2) is 0 Å². The number of nitrogens with one attached hydrogen (secondary N) is 1. The van der Waals surface area contributed by atoms with E-state index in [0.29, 0.717) is 12.1 Å². The van der Waals surface area contributed by atoms with Crippen LogP contribution < -0.4 is 15.6 Å². The fourth-order valence-corrected chi connectivity index (χ4v) is 2.66. The van der Waals surface area contributed by atoms with Crippen LogP contribution in [0.15, 0.2) is 65.8 Å². The van der Waals surface area contributed by atoms with Gasteiger partial charge in [-0.2, -0.15) is 0 Å². The number of benzene rings is 1. The second-order valence-corrected chi connectivity index (χ2v) is 5.91. The molecule has 0 radical (unpaired) electrons. The van der Waals surface area contributed by atoms with Crippen LogP contribution in [0.4, 0.5) is 5.69 Å². The molecule has 0 saturated heterocycles. The predicted molar refractivity (Wildman–Crippen MR) is 99.7 cm³/mol. The van der Waals surface area contributed by atoms with Crippen molar-refractivity contribution in [2.24, 2.45) is 0 Å². The lowest BCUT2D eigenvalue weighted by molar-refractivity contribution is 0.102. The number of hydrogen-bond donors (Lipinski definition) is 1. The van der Waals surface area contributed by atoms with Crippen LogP contribution in [-0.4, -0.2) is 22.6 Å². The number of amides is 1. The first-order valence-electron chi connectivity index (χ1n) is 8.12. The largest absolute Gasteiger partial charge is 0.497 e. The molecule has 0 saturated carbocycles. The Morgan fingerprint density at radius 2 is 1.96 bits per heavy atom. The Morgan fingerprint density at radius 1 is 1.19 bits per heavy atom. The molecular weight excluding hydrogens is 330 g/mol. The molecule has 2 aromatic heterocycles. The molecule has 3 rings (SSSR count). The van der Waals surface area contributed by atoms with Crippen molar-refractivity contribution in [1.29, 1.82) is 0 Å². The van der Waals surface area contributed by atoms with E-state index in [1.807, 2.05) is 31.2 Å². The first-order valence-corrected chi connectivity index (χ1v) is 8.12. The SMILES string of the molecule is COc1cccc(Cn2cc(C)cc(NC(=O)c3ccncc3)c2=O)c1. The van der Waals surface area contributed by atoms with Gasteiger partial charge in [0.2, 0.25) is 0 Å². The maximum absolute atomic E-state index is 12.8. The summed E-state index contributed by atoms with van der Waals surface area (Å²) in [5.74, 6) is 0.387. The predicted octanol–water partition coefficient (Wildman–Crippen LogP) is 2.86. The molecular formula is C20H19N3O3. The average molecular weight is 349 g/mol. The molecule has 132 valence electrons. The van der Waals surface area contributed by atoms with Crippen LogP contribution in [0.2, 0.25) is 0 Å². The second-order valence-electron chi connectivity index (χ2n) is 5.91. The zero-order chi connectivity index (χ0) is 18.5. The van der Waals surface area contributed by atoms with Gasteiger partial charge in [-0.05, 0) is 48.4 Å². The van der Waals surface area contributed by atoms with Gasteiger partial charge in [0.1, 0.15) is 11.4 Å². The van der Waals surface area contributed by atoms with E-state index in [4.69, 9.17) is 4.74 Å². The maximum Gasteiger partial charge on any atom is 0.274 e. The van der Waals surface area contributed by atoms with E-state index in [0.717, 1.165) is 16.9 Å². The van der Waals surface area contributed by atoms with Crippen LogP contribution in [-0.2, 0) is 6.54 Å². The number of ether oxygens (including phenoxy) is 1. The van der Waals surface area contributed by atoms with Gasteiger partial charge in [-0.3, -0.25) is 14.6 Å². The van der Waals surface area contributed by atoms with E-state index in [9.17, 15) is 9.59 Å². The number of aromatic nitrogens is 2. The molecule has 1 N–H and O–H groups in total.